The lowest BCUT2D eigenvalue weighted by Crippen LogP contribution is -2.02. The molecule has 0 amide bonds. The van der Waals surface area contributed by atoms with E-state index >= 15 is 0 Å². The largest absolute Gasteiger partial charge is 0.365 e. The van der Waals surface area contributed by atoms with Crippen molar-refractivity contribution >= 4 is 50.3 Å². The number of halogens is 1. The molecule has 0 bridgehead atoms. The lowest BCUT2D eigenvalue weighted by molar-refractivity contribution is 1.10. The number of anilines is 1. The summed E-state index contributed by atoms with van der Waals surface area (Å²) in [4.78, 5) is 10.9. The highest BCUT2D eigenvalue weighted by molar-refractivity contribution is 7.18. The van der Waals surface area contributed by atoms with Crippen LogP contribution in [0.1, 0.15) is 22.9 Å². The van der Waals surface area contributed by atoms with E-state index in [1.807, 2.05) is 0 Å². The van der Waals surface area contributed by atoms with E-state index in [0.29, 0.717) is 5.28 Å². The van der Waals surface area contributed by atoms with Crippen LogP contribution in [-0.2, 0) is 13.0 Å². The Kier molecular flexibility index (Phi) is 3.92. The van der Waals surface area contributed by atoms with Gasteiger partial charge in [0.25, 0.3) is 0 Å². The summed E-state index contributed by atoms with van der Waals surface area (Å²) in [6.45, 7) is 5.02. The second-order valence-electron chi connectivity index (χ2n) is 4.56. The van der Waals surface area contributed by atoms with Gasteiger partial charge in [0.2, 0.25) is 5.28 Å². The van der Waals surface area contributed by atoms with Gasteiger partial charge in [-0.3, -0.25) is 0 Å². The fourth-order valence-electron chi connectivity index (χ4n) is 2.00. The fourth-order valence-corrected chi connectivity index (χ4v) is 4.04. The molecule has 0 radical (unpaired) electrons. The summed E-state index contributed by atoms with van der Waals surface area (Å²) in [5, 5.41) is 9.06. The molecule has 0 aliphatic carbocycles. The van der Waals surface area contributed by atoms with Crippen molar-refractivity contribution < 1.29 is 0 Å². The van der Waals surface area contributed by atoms with E-state index < -0.39 is 0 Å². The van der Waals surface area contributed by atoms with Crippen molar-refractivity contribution in [1.29, 1.82) is 0 Å². The van der Waals surface area contributed by atoms with Gasteiger partial charge in [-0.25, -0.2) is 9.97 Å². The van der Waals surface area contributed by atoms with Gasteiger partial charge in [0.1, 0.15) is 10.6 Å². The maximum Gasteiger partial charge on any atom is 0.225 e. The lowest BCUT2D eigenvalue weighted by atomic mass is 10.2. The van der Waals surface area contributed by atoms with Crippen LogP contribution in [-0.4, -0.2) is 9.97 Å². The number of thiophene rings is 2. The van der Waals surface area contributed by atoms with Crippen molar-refractivity contribution in [2.45, 2.75) is 26.8 Å². The van der Waals surface area contributed by atoms with Crippen molar-refractivity contribution in [3.8, 4) is 0 Å². The van der Waals surface area contributed by atoms with E-state index in [2.05, 4.69) is 46.0 Å². The molecule has 3 aromatic heterocycles. The molecule has 3 aromatic rings. The molecule has 0 aromatic carbocycles. The molecule has 3 heterocycles. The first-order valence-corrected chi connectivity index (χ1v) is 8.52. The van der Waals surface area contributed by atoms with Crippen LogP contribution >= 0.6 is 34.3 Å². The minimum absolute atomic E-state index is 0.298. The number of aromatic nitrogens is 2. The van der Waals surface area contributed by atoms with E-state index in [1.165, 1.54) is 16.0 Å². The Balaban J connectivity index is 1.93. The highest BCUT2D eigenvalue weighted by atomic mass is 35.5. The normalized spacial score (nSPS) is 11.2. The first-order valence-electron chi connectivity index (χ1n) is 6.39. The summed E-state index contributed by atoms with van der Waals surface area (Å²) in [6.07, 6.45) is 1.00. The SMILES string of the molecule is CCc1cc2c(NCc3cscc3C)nc(Cl)nc2s1. The maximum atomic E-state index is 6.01. The van der Waals surface area contributed by atoms with Gasteiger partial charge in [-0.05, 0) is 52.9 Å². The molecule has 104 valence electrons. The third kappa shape index (κ3) is 2.66. The van der Waals surface area contributed by atoms with Gasteiger partial charge in [-0.15, -0.1) is 11.3 Å². The molecular formula is C14H14ClN3S2. The first-order chi connectivity index (χ1) is 9.67. The molecule has 0 spiro atoms. The maximum absolute atomic E-state index is 6.01. The molecule has 1 N–H and O–H groups in total. The number of fused-ring (bicyclic) bond motifs is 1. The molecular weight excluding hydrogens is 310 g/mol. The smallest absolute Gasteiger partial charge is 0.225 e. The quantitative estimate of drug-likeness (QED) is 0.695. The molecule has 0 aliphatic heterocycles. The summed E-state index contributed by atoms with van der Waals surface area (Å²) in [7, 11) is 0. The second-order valence-corrected chi connectivity index (χ2v) is 6.76. The van der Waals surface area contributed by atoms with Gasteiger partial charge in [0.05, 0.1) is 5.39 Å². The number of nitrogens with zero attached hydrogens (tertiary/aromatic N) is 2. The Labute approximate surface area is 130 Å². The second kappa shape index (κ2) is 5.68. The van der Waals surface area contributed by atoms with Gasteiger partial charge < -0.3 is 5.32 Å². The minimum Gasteiger partial charge on any atom is -0.365 e. The van der Waals surface area contributed by atoms with E-state index in [0.717, 1.165) is 29.0 Å². The van der Waals surface area contributed by atoms with E-state index in [-0.39, 0.29) is 0 Å². The Morgan fingerprint density at radius 3 is 2.85 bits per heavy atom. The average molecular weight is 324 g/mol. The third-order valence-electron chi connectivity index (χ3n) is 3.17. The van der Waals surface area contributed by atoms with Crippen LogP contribution in [0.5, 0.6) is 0 Å². The summed E-state index contributed by atoms with van der Waals surface area (Å²) in [5.41, 5.74) is 2.60. The number of hydrogen-bond donors (Lipinski definition) is 1. The monoisotopic (exact) mass is 323 g/mol. The third-order valence-corrected chi connectivity index (χ3v) is 5.43. The molecule has 0 atom stereocenters. The van der Waals surface area contributed by atoms with Gasteiger partial charge >= 0.3 is 0 Å². The van der Waals surface area contributed by atoms with Crippen LogP contribution in [0.15, 0.2) is 16.8 Å². The van der Waals surface area contributed by atoms with Crippen molar-refractivity contribution in [2.75, 3.05) is 5.32 Å². The molecule has 0 aliphatic rings. The molecule has 0 saturated carbocycles. The van der Waals surface area contributed by atoms with Crippen LogP contribution in [0, 0.1) is 6.92 Å². The summed E-state index contributed by atoms with van der Waals surface area (Å²) >= 11 is 9.41. The van der Waals surface area contributed by atoms with Crippen molar-refractivity contribution in [3.63, 3.8) is 0 Å². The van der Waals surface area contributed by atoms with Gasteiger partial charge in [-0.2, -0.15) is 11.3 Å². The summed E-state index contributed by atoms with van der Waals surface area (Å²) in [6, 6.07) is 2.15. The number of rotatable bonds is 4. The Morgan fingerprint density at radius 1 is 1.30 bits per heavy atom. The molecule has 3 nitrogen and oxygen atoms in total. The topological polar surface area (TPSA) is 37.8 Å². The molecule has 3 rings (SSSR count). The van der Waals surface area contributed by atoms with Gasteiger partial charge in [0, 0.05) is 11.4 Å². The van der Waals surface area contributed by atoms with Crippen molar-refractivity contribution in [1.82, 2.24) is 9.97 Å². The zero-order chi connectivity index (χ0) is 14.1. The van der Waals surface area contributed by atoms with Crippen molar-refractivity contribution in [3.05, 3.63) is 38.1 Å². The van der Waals surface area contributed by atoms with E-state index in [9.17, 15) is 0 Å². The van der Waals surface area contributed by atoms with E-state index in [4.69, 9.17) is 11.6 Å². The highest BCUT2D eigenvalue weighted by Gasteiger charge is 2.11. The van der Waals surface area contributed by atoms with Gasteiger partial charge in [-0.1, -0.05) is 6.92 Å². The van der Waals surface area contributed by atoms with Crippen LogP contribution in [0.2, 0.25) is 5.28 Å². The van der Waals surface area contributed by atoms with Gasteiger partial charge in [0.15, 0.2) is 0 Å². The standard InChI is InChI=1S/C14H14ClN3S2/c1-3-10-4-11-12(17-14(15)18-13(11)20-10)16-5-9-7-19-6-8(9)2/h4,6-7H,3,5H2,1-2H3,(H,16,17,18). The Hall–Kier alpha value is -1.17. The molecule has 0 saturated heterocycles. The molecule has 6 heteroatoms. The van der Waals surface area contributed by atoms with Crippen molar-refractivity contribution in [2.24, 2.45) is 0 Å². The van der Waals surface area contributed by atoms with Crippen LogP contribution in [0.25, 0.3) is 10.2 Å². The zero-order valence-corrected chi connectivity index (χ0v) is 13.6. The predicted molar refractivity (Wildman–Crippen MR) is 88.2 cm³/mol. The van der Waals surface area contributed by atoms with Crippen LogP contribution < -0.4 is 5.32 Å². The average Bonchev–Trinajstić information content (AvgIpc) is 3.01. The molecule has 0 unspecified atom stereocenters. The predicted octanol–water partition coefficient (Wildman–Crippen LogP) is 4.89. The fraction of sp³-hybridized carbons (Fsp3) is 0.286. The van der Waals surface area contributed by atoms with Crippen LogP contribution in [0.3, 0.4) is 0 Å². The summed E-state index contributed by atoms with van der Waals surface area (Å²) < 4.78 is 0. The van der Waals surface area contributed by atoms with Crippen LogP contribution in [0.4, 0.5) is 5.82 Å². The van der Waals surface area contributed by atoms with E-state index in [1.54, 1.807) is 22.7 Å². The summed E-state index contributed by atoms with van der Waals surface area (Å²) in [5.74, 6) is 0.821. The number of hydrogen-bond acceptors (Lipinski definition) is 5. The Bertz CT molecular complexity index is 748. The molecule has 20 heavy (non-hydrogen) atoms. The number of nitrogens with one attached hydrogen (secondary N) is 1. The Morgan fingerprint density at radius 2 is 2.15 bits per heavy atom. The first kappa shape index (κ1) is 13.8. The number of aryl methyl sites for hydroxylation is 2. The highest BCUT2D eigenvalue weighted by Crippen LogP contribution is 2.30. The minimum atomic E-state index is 0.298. The zero-order valence-electron chi connectivity index (χ0n) is 11.2. The lowest BCUT2D eigenvalue weighted by Gasteiger charge is -2.06. The molecule has 0 fully saturated rings.